The number of aryl methyl sites for hydroxylation is 1. The van der Waals surface area contributed by atoms with E-state index in [-0.39, 0.29) is 23.8 Å². The molecule has 0 heterocycles. The molecule has 0 bridgehead atoms. The first kappa shape index (κ1) is 18.7. The maximum atomic E-state index is 10.9. The molecule has 0 unspecified atom stereocenters. The molecule has 0 fully saturated rings. The zero-order chi connectivity index (χ0) is 13.4. The molecule has 0 spiro atoms. The molecule has 0 aromatic heterocycles. The Bertz CT molecular complexity index is 458. The van der Waals surface area contributed by atoms with E-state index in [0.29, 0.717) is 0 Å². The number of rotatable bonds is 8. The van der Waals surface area contributed by atoms with Gasteiger partial charge in [-0.1, -0.05) is 51.2 Å². The van der Waals surface area contributed by atoms with Crippen LogP contribution in [-0.4, -0.2) is 13.0 Å². The first-order valence-corrected chi connectivity index (χ1v) is 7.99. The predicted octanol–water partition coefficient (Wildman–Crippen LogP) is 0.498. The van der Waals surface area contributed by atoms with Crippen LogP contribution in [0.2, 0.25) is 0 Å². The van der Waals surface area contributed by atoms with Gasteiger partial charge in [-0.3, -0.25) is 0 Å². The molecule has 0 aliphatic carbocycles. The fourth-order valence-corrected chi connectivity index (χ4v) is 2.51. The molecule has 0 N–H and O–H groups in total. The number of unbranched alkanes of at least 4 members (excludes halogenated alkanes) is 5. The Balaban J connectivity index is 0.00000324. The molecule has 0 saturated carbocycles. The molecule has 1 aromatic rings. The van der Waals surface area contributed by atoms with Gasteiger partial charge in [-0.05, 0) is 30.5 Å². The molecule has 19 heavy (non-hydrogen) atoms. The zero-order valence-corrected chi connectivity index (χ0v) is 12.7. The van der Waals surface area contributed by atoms with Gasteiger partial charge in [-0.15, -0.1) is 0 Å². The molecule has 0 radical (unpaired) electrons. The average molecular weight is 276 g/mol. The maximum Gasteiger partial charge on any atom is 1.00 e. The van der Waals surface area contributed by atoms with Gasteiger partial charge < -0.3 is 4.55 Å². The smallest absolute Gasteiger partial charge is 0.744 e. The van der Waals surface area contributed by atoms with Crippen molar-refractivity contribution in [3.63, 3.8) is 0 Å². The van der Waals surface area contributed by atoms with Gasteiger partial charge in [-0.25, -0.2) is 8.42 Å². The van der Waals surface area contributed by atoms with Crippen molar-refractivity contribution in [3.05, 3.63) is 29.8 Å². The van der Waals surface area contributed by atoms with Gasteiger partial charge >= 0.3 is 18.9 Å². The summed E-state index contributed by atoms with van der Waals surface area (Å²) in [7, 11) is -4.32. The third-order valence-corrected chi connectivity index (χ3v) is 3.84. The molecule has 0 amide bonds. The Hall–Kier alpha value is -0.273. The van der Waals surface area contributed by atoms with Gasteiger partial charge in [-0.2, -0.15) is 0 Å². The molecule has 0 aliphatic rings. The van der Waals surface area contributed by atoms with Crippen LogP contribution in [-0.2, 0) is 16.5 Å². The Morgan fingerprint density at radius 1 is 1.05 bits per heavy atom. The Kier molecular flexibility index (Phi) is 9.47. The van der Waals surface area contributed by atoms with E-state index in [4.69, 9.17) is 0 Å². The van der Waals surface area contributed by atoms with E-state index in [9.17, 15) is 13.0 Å². The minimum absolute atomic E-state index is 0. The standard InChI is InChI=1S/C14H22O3S.Li/c1-2-3-4-5-6-7-9-13-10-8-11-14(12-13)18(15,16)17;/h8,10-12H,2-7,9H2,1H3,(H,15,16,17);/q;+1/p-1. The summed E-state index contributed by atoms with van der Waals surface area (Å²) >= 11 is 0. The van der Waals surface area contributed by atoms with Gasteiger partial charge in [0.1, 0.15) is 10.1 Å². The van der Waals surface area contributed by atoms with Gasteiger partial charge in [0.25, 0.3) is 0 Å². The summed E-state index contributed by atoms with van der Waals surface area (Å²) in [5.41, 5.74) is 0.933. The first-order valence-electron chi connectivity index (χ1n) is 6.59. The summed E-state index contributed by atoms with van der Waals surface area (Å²) in [6.45, 7) is 2.19. The van der Waals surface area contributed by atoms with Gasteiger partial charge in [0.15, 0.2) is 0 Å². The Morgan fingerprint density at radius 3 is 2.32 bits per heavy atom. The zero-order valence-electron chi connectivity index (χ0n) is 11.9. The second-order valence-corrected chi connectivity index (χ2v) is 6.00. The topological polar surface area (TPSA) is 57.2 Å². The summed E-state index contributed by atoms with van der Waals surface area (Å²) in [5, 5.41) is 0. The monoisotopic (exact) mass is 276 g/mol. The molecule has 0 saturated heterocycles. The van der Waals surface area contributed by atoms with Gasteiger partial charge in [0.05, 0.1) is 4.90 Å². The van der Waals surface area contributed by atoms with Crippen molar-refractivity contribution in [2.75, 3.05) is 0 Å². The van der Waals surface area contributed by atoms with Crippen molar-refractivity contribution >= 4 is 10.1 Å². The van der Waals surface area contributed by atoms with Crippen molar-refractivity contribution in [1.29, 1.82) is 0 Å². The number of hydrogen-bond acceptors (Lipinski definition) is 3. The summed E-state index contributed by atoms with van der Waals surface area (Å²) in [6, 6.07) is 6.36. The van der Waals surface area contributed by atoms with E-state index in [0.717, 1.165) is 24.8 Å². The Morgan fingerprint density at radius 2 is 1.68 bits per heavy atom. The normalized spacial score (nSPS) is 11.1. The van der Waals surface area contributed by atoms with Crippen LogP contribution in [0.25, 0.3) is 0 Å². The first-order chi connectivity index (χ1) is 8.54. The Labute approximate surface area is 128 Å². The van der Waals surface area contributed by atoms with Gasteiger partial charge in [0.2, 0.25) is 0 Å². The molecule has 102 valence electrons. The van der Waals surface area contributed by atoms with Crippen molar-refractivity contribution in [1.82, 2.24) is 0 Å². The van der Waals surface area contributed by atoms with E-state index in [1.807, 2.05) is 6.07 Å². The molecule has 0 atom stereocenters. The molecule has 3 nitrogen and oxygen atoms in total. The van der Waals surface area contributed by atoms with Crippen molar-refractivity contribution < 1.29 is 31.8 Å². The summed E-state index contributed by atoms with van der Waals surface area (Å²) in [4.78, 5) is -0.119. The summed E-state index contributed by atoms with van der Waals surface area (Å²) in [6.07, 6.45) is 8.07. The van der Waals surface area contributed by atoms with E-state index >= 15 is 0 Å². The third kappa shape index (κ3) is 7.79. The van der Waals surface area contributed by atoms with Crippen LogP contribution in [0, 0.1) is 0 Å². The van der Waals surface area contributed by atoms with Crippen LogP contribution in [0.15, 0.2) is 29.2 Å². The fraction of sp³-hybridized carbons (Fsp3) is 0.571. The number of hydrogen-bond donors (Lipinski definition) is 0. The second-order valence-electron chi connectivity index (χ2n) is 4.62. The van der Waals surface area contributed by atoms with E-state index < -0.39 is 10.1 Å². The van der Waals surface area contributed by atoms with Crippen molar-refractivity contribution in [2.24, 2.45) is 0 Å². The van der Waals surface area contributed by atoms with Crippen molar-refractivity contribution in [3.8, 4) is 0 Å². The average Bonchev–Trinajstić information content (AvgIpc) is 2.33. The van der Waals surface area contributed by atoms with Crippen LogP contribution < -0.4 is 18.9 Å². The summed E-state index contributed by atoms with van der Waals surface area (Å²) < 4.78 is 32.6. The van der Waals surface area contributed by atoms with Crippen LogP contribution in [0.3, 0.4) is 0 Å². The maximum absolute atomic E-state index is 10.9. The van der Waals surface area contributed by atoms with Crippen LogP contribution >= 0.6 is 0 Å². The second kappa shape index (κ2) is 9.60. The molecular weight excluding hydrogens is 255 g/mol. The van der Waals surface area contributed by atoms with Crippen LogP contribution in [0.1, 0.15) is 51.0 Å². The van der Waals surface area contributed by atoms with Crippen LogP contribution in [0.5, 0.6) is 0 Å². The van der Waals surface area contributed by atoms with E-state index in [1.165, 1.54) is 37.8 Å². The predicted molar refractivity (Wildman–Crippen MR) is 71.5 cm³/mol. The largest absolute Gasteiger partial charge is 1.00 e. The van der Waals surface area contributed by atoms with Crippen LogP contribution in [0.4, 0.5) is 0 Å². The molecular formula is C14H21LiO3S. The quantitative estimate of drug-likeness (QED) is 0.394. The van der Waals surface area contributed by atoms with E-state index in [2.05, 4.69) is 6.92 Å². The summed E-state index contributed by atoms with van der Waals surface area (Å²) in [5.74, 6) is 0. The number of benzene rings is 1. The van der Waals surface area contributed by atoms with Crippen molar-refractivity contribution in [2.45, 2.75) is 56.8 Å². The van der Waals surface area contributed by atoms with E-state index in [1.54, 1.807) is 6.07 Å². The molecule has 1 rings (SSSR count). The molecule has 1 aromatic carbocycles. The molecule has 5 heteroatoms. The molecule has 0 aliphatic heterocycles. The van der Waals surface area contributed by atoms with Gasteiger partial charge in [0, 0.05) is 0 Å². The SMILES string of the molecule is CCCCCCCCc1cccc(S(=O)(=O)[O-])c1.[Li+]. The fourth-order valence-electron chi connectivity index (χ4n) is 1.97. The third-order valence-electron chi connectivity index (χ3n) is 3.01. The minimum atomic E-state index is -4.32. The minimum Gasteiger partial charge on any atom is -0.744 e.